The third kappa shape index (κ3) is 4.79. The smallest absolute Gasteiger partial charge is 0.335 e. The molecule has 0 bridgehead atoms. The van der Waals surface area contributed by atoms with Gasteiger partial charge in [-0.05, 0) is 12.1 Å². The largest absolute Gasteiger partial charge is 0.467 e. The number of rotatable bonds is 6. The highest BCUT2D eigenvalue weighted by Crippen LogP contribution is 2.15. The number of methoxy groups -OCH3 is 2. The van der Waals surface area contributed by atoms with Crippen molar-refractivity contribution in [3.63, 3.8) is 0 Å². The summed E-state index contributed by atoms with van der Waals surface area (Å²) in [6.45, 7) is 0. The second kappa shape index (κ2) is 8.43. The lowest BCUT2D eigenvalue weighted by atomic mass is 10.2. The zero-order valence-electron chi connectivity index (χ0n) is 15.3. The Balaban J connectivity index is 2.26. The number of sulfonamides is 1. The predicted octanol–water partition coefficient (Wildman–Crippen LogP) is -0.504. The molecule has 0 radical (unpaired) electrons. The van der Waals surface area contributed by atoms with Crippen LogP contribution >= 0.6 is 0 Å². The van der Waals surface area contributed by atoms with Crippen LogP contribution in [0.25, 0.3) is 0 Å². The molecule has 0 spiro atoms. The predicted molar refractivity (Wildman–Crippen MR) is 94.5 cm³/mol. The Kier molecular flexibility index (Phi) is 6.25. The second-order valence-corrected chi connectivity index (χ2v) is 6.85. The fourth-order valence-corrected chi connectivity index (χ4v) is 2.92. The van der Waals surface area contributed by atoms with Gasteiger partial charge in [0.25, 0.3) is 15.9 Å². The van der Waals surface area contributed by atoms with Crippen LogP contribution in [0.2, 0.25) is 0 Å². The molecule has 2 rings (SSSR count). The topological polar surface area (TPSA) is 166 Å². The quantitative estimate of drug-likeness (QED) is 0.632. The average Bonchev–Trinajstić information content (AvgIpc) is 2.66. The molecule has 0 atom stereocenters. The first-order valence-electron chi connectivity index (χ1n) is 7.52. The summed E-state index contributed by atoms with van der Waals surface area (Å²) in [6.07, 6.45) is 1.18. The molecule has 13 nitrogen and oxygen atoms in total. The van der Waals surface area contributed by atoms with Crippen LogP contribution in [0, 0.1) is 0 Å². The van der Waals surface area contributed by atoms with Gasteiger partial charge in [0.15, 0.2) is 5.03 Å². The van der Waals surface area contributed by atoms with E-state index in [9.17, 15) is 18.0 Å². The lowest BCUT2D eigenvalue weighted by Gasteiger charge is -2.14. The number of aromatic nitrogens is 4. The average molecular weight is 411 g/mol. The van der Waals surface area contributed by atoms with Gasteiger partial charge in [-0.15, -0.1) is 4.98 Å². The van der Waals surface area contributed by atoms with E-state index in [0.29, 0.717) is 0 Å². The fraction of sp³-hybridized carbons (Fsp3) is 0.286. The molecule has 2 aromatic rings. The molecular weight excluding hydrogens is 394 g/mol. The zero-order valence-corrected chi connectivity index (χ0v) is 16.1. The summed E-state index contributed by atoms with van der Waals surface area (Å²) in [5, 5.41) is 1.51. The highest BCUT2D eigenvalue weighted by Gasteiger charge is 2.27. The number of pyridine rings is 1. The molecule has 14 heteroatoms. The summed E-state index contributed by atoms with van der Waals surface area (Å²) >= 11 is 0. The number of carbonyl (C=O) groups is 2. The molecule has 150 valence electrons. The van der Waals surface area contributed by atoms with E-state index >= 15 is 0 Å². The minimum atomic E-state index is -4.47. The van der Waals surface area contributed by atoms with Crippen LogP contribution in [0.15, 0.2) is 23.4 Å². The van der Waals surface area contributed by atoms with Crippen molar-refractivity contribution >= 4 is 27.9 Å². The van der Waals surface area contributed by atoms with Gasteiger partial charge >= 0.3 is 18.1 Å². The second-order valence-electron chi connectivity index (χ2n) is 5.25. The summed E-state index contributed by atoms with van der Waals surface area (Å²) in [7, 11) is 0.999. The molecule has 2 heterocycles. The summed E-state index contributed by atoms with van der Waals surface area (Å²) < 4.78 is 36.4. The number of hydrogen-bond donors (Lipinski definition) is 2. The Bertz CT molecular complexity index is 973. The van der Waals surface area contributed by atoms with Gasteiger partial charge in [-0.1, -0.05) is 0 Å². The summed E-state index contributed by atoms with van der Waals surface area (Å²) in [6, 6.07) is 1.18. The number of anilines is 1. The Morgan fingerprint density at radius 3 is 2.21 bits per heavy atom. The van der Waals surface area contributed by atoms with Crippen LogP contribution < -0.4 is 19.5 Å². The number of ether oxygens (including phenoxy) is 2. The van der Waals surface area contributed by atoms with Gasteiger partial charge in [-0.2, -0.15) is 18.4 Å². The number of nitrogens with one attached hydrogen (secondary N) is 2. The molecule has 0 saturated carbocycles. The summed E-state index contributed by atoms with van der Waals surface area (Å²) in [4.78, 5) is 40.4. The van der Waals surface area contributed by atoms with Gasteiger partial charge in [-0.25, -0.2) is 14.5 Å². The van der Waals surface area contributed by atoms with Gasteiger partial charge in [0, 0.05) is 20.3 Å². The number of nitrogens with zero attached hydrogens (tertiary/aromatic N) is 5. The monoisotopic (exact) mass is 411 g/mol. The van der Waals surface area contributed by atoms with Gasteiger partial charge in [0.05, 0.1) is 19.8 Å². The van der Waals surface area contributed by atoms with Crippen LogP contribution in [0.4, 0.5) is 10.7 Å². The van der Waals surface area contributed by atoms with Crippen molar-refractivity contribution in [3.8, 4) is 12.0 Å². The van der Waals surface area contributed by atoms with E-state index in [1.807, 2.05) is 0 Å². The molecule has 0 saturated heterocycles. The first-order valence-corrected chi connectivity index (χ1v) is 9.00. The molecular formula is C14H17N7O6S. The van der Waals surface area contributed by atoms with Crippen molar-refractivity contribution in [1.29, 1.82) is 0 Å². The molecule has 0 fully saturated rings. The number of amides is 3. The van der Waals surface area contributed by atoms with Crippen molar-refractivity contribution < 1.29 is 27.5 Å². The number of carbonyl (C=O) groups excluding carboxylic acids is 2. The van der Waals surface area contributed by atoms with E-state index in [1.165, 1.54) is 51.5 Å². The fourth-order valence-electron chi connectivity index (χ4n) is 1.88. The first kappa shape index (κ1) is 20.8. The Labute approximate surface area is 160 Å². The van der Waals surface area contributed by atoms with Crippen LogP contribution in [-0.2, 0) is 10.0 Å². The van der Waals surface area contributed by atoms with E-state index in [4.69, 9.17) is 9.47 Å². The van der Waals surface area contributed by atoms with E-state index in [1.54, 1.807) is 4.72 Å². The third-order valence-corrected chi connectivity index (χ3v) is 4.36. The van der Waals surface area contributed by atoms with Gasteiger partial charge in [0.1, 0.15) is 0 Å². The molecule has 0 unspecified atom stereocenters. The van der Waals surface area contributed by atoms with E-state index in [2.05, 4.69) is 25.3 Å². The maximum absolute atomic E-state index is 12.5. The molecule has 0 aliphatic heterocycles. The van der Waals surface area contributed by atoms with Crippen LogP contribution in [0.1, 0.15) is 10.4 Å². The highest BCUT2D eigenvalue weighted by molar-refractivity contribution is 7.90. The lowest BCUT2D eigenvalue weighted by molar-refractivity contribution is 0.0823. The van der Waals surface area contributed by atoms with Crippen molar-refractivity contribution in [2.45, 2.75) is 5.03 Å². The minimum Gasteiger partial charge on any atom is -0.467 e. The van der Waals surface area contributed by atoms with Crippen molar-refractivity contribution in [3.05, 3.63) is 23.9 Å². The molecule has 0 aliphatic rings. The zero-order chi connectivity index (χ0) is 20.9. The van der Waals surface area contributed by atoms with Crippen LogP contribution in [0.5, 0.6) is 12.0 Å². The molecule has 0 aromatic carbocycles. The SMILES string of the molecule is COc1nc(NC(=O)NS(=O)(=O)c2ncccc2C(=O)N(C)C)nc(OC)n1. The van der Waals surface area contributed by atoms with Crippen LogP contribution in [0.3, 0.4) is 0 Å². The maximum atomic E-state index is 12.5. The first-order chi connectivity index (χ1) is 13.2. The Hall–Kier alpha value is -3.55. The normalized spacial score (nSPS) is 10.7. The van der Waals surface area contributed by atoms with E-state index in [0.717, 1.165) is 0 Å². The Morgan fingerprint density at radius 1 is 1.07 bits per heavy atom. The van der Waals surface area contributed by atoms with E-state index in [-0.39, 0.29) is 23.5 Å². The molecule has 2 aromatic heterocycles. The molecule has 3 amide bonds. The number of hydrogen-bond acceptors (Lipinski definition) is 10. The lowest BCUT2D eigenvalue weighted by Crippen LogP contribution is -2.36. The van der Waals surface area contributed by atoms with Crippen molar-refractivity contribution in [2.75, 3.05) is 33.6 Å². The van der Waals surface area contributed by atoms with Gasteiger partial charge in [-0.3, -0.25) is 10.1 Å². The highest BCUT2D eigenvalue weighted by atomic mass is 32.2. The molecule has 2 N–H and O–H groups in total. The van der Waals surface area contributed by atoms with Crippen molar-refractivity contribution in [2.24, 2.45) is 0 Å². The Morgan fingerprint density at radius 2 is 1.68 bits per heavy atom. The minimum absolute atomic E-state index is 0.159. The molecule has 0 aliphatic carbocycles. The third-order valence-electron chi connectivity index (χ3n) is 3.07. The summed E-state index contributed by atoms with van der Waals surface area (Å²) in [5.41, 5.74) is -0.198. The summed E-state index contributed by atoms with van der Waals surface area (Å²) in [5.74, 6) is -0.914. The molecule has 28 heavy (non-hydrogen) atoms. The van der Waals surface area contributed by atoms with Crippen LogP contribution in [-0.4, -0.2) is 73.5 Å². The maximum Gasteiger partial charge on any atom is 0.335 e. The number of urea groups is 1. The van der Waals surface area contributed by atoms with Crippen molar-refractivity contribution in [1.82, 2.24) is 29.6 Å². The van der Waals surface area contributed by atoms with Gasteiger partial charge in [0.2, 0.25) is 5.95 Å². The van der Waals surface area contributed by atoms with E-state index < -0.39 is 27.0 Å². The van der Waals surface area contributed by atoms with Gasteiger partial charge < -0.3 is 14.4 Å². The standard InChI is InChI=1S/C14H17N7O6S/c1-21(2)10(22)8-6-5-7-15-9(8)28(24,25)20-12(23)16-11-17-13(26-3)19-14(18-11)27-4/h5-7H,1-4H3,(H2,16,17,18,19,20,23).